The summed E-state index contributed by atoms with van der Waals surface area (Å²) < 4.78 is 0. The van der Waals surface area contributed by atoms with Crippen molar-refractivity contribution in [3.63, 3.8) is 0 Å². The first-order chi connectivity index (χ1) is 8.00. The Morgan fingerprint density at radius 3 is 2.82 bits per heavy atom. The number of aromatic nitrogens is 1. The van der Waals surface area contributed by atoms with Crippen LogP contribution in [0.1, 0.15) is 18.4 Å². The molecule has 0 saturated carbocycles. The number of nitrogens with zero attached hydrogens (tertiary/aromatic N) is 2. The van der Waals surface area contributed by atoms with Gasteiger partial charge >= 0.3 is 5.97 Å². The van der Waals surface area contributed by atoms with Gasteiger partial charge in [-0.05, 0) is 0 Å². The highest BCUT2D eigenvalue weighted by Crippen LogP contribution is 2.08. The van der Waals surface area contributed by atoms with Gasteiger partial charge in [-0.15, -0.1) is 11.3 Å². The normalized spacial score (nSPS) is 12.1. The maximum absolute atomic E-state index is 11.7. The molecule has 0 aliphatic carbocycles. The largest absolute Gasteiger partial charge is 0.481 e. The molecular formula is C11H16N2O3S. The number of amides is 1. The Balaban J connectivity index is 2.34. The third-order valence-corrected chi connectivity index (χ3v) is 3.27. The predicted molar refractivity (Wildman–Crippen MR) is 64.9 cm³/mol. The third-order valence-electron chi connectivity index (χ3n) is 2.43. The molecule has 1 heterocycles. The van der Waals surface area contributed by atoms with Gasteiger partial charge in [0.15, 0.2) is 0 Å². The van der Waals surface area contributed by atoms with Crippen molar-refractivity contribution in [2.45, 2.75) is 19.8 Å². The number of carbonyl (C=O) groups is 2. The van der Waals surface area contributed by atoms with Crippen molar-refractivity contribution in [1.29, 1.82) is 0 Å². The van der Waals surface area contributed by atoms with E-state index in [1.165, 1.54) is 16.2 Å². The van der Waals surface area contributed by atoms with Gasteiger partial charge in [0.2, 0.25) is 5.91 Å². The van der Waals surface area contributed by atoms with E-state index < -0.39 is 11.9 Å². The Kier molecular flexibility index (Phi) is 5.09. The van der Waals surface area contributed by atoms with E-state index in [4.69, 9.17) is 5.11 Å². The molecule has 1 atom stereocenters. The summed E-state index contributed by atoms with van der Waals surface area (Å²) in [5.74, 6) is -1.47. The average Bonchev–Trinajstić information content (AvgIpc) is 2.78. The molecule has 0 radical (unpaired) electrons. The van der Waals surface area contributed by atoms with Crippen LogP contribution >= 0.6 is 11.3 Å². The fourth-order valence-electron chi connectivity index (χ4n) is 1.37. The molecule has 5 nitrogen and oxygen atoms in total. The number of carbonyl (C=O) groups excluding carboxylic acids is 1. The summed E-state index contributed by atoms with van der Waals surface area (Å²) in [6.45, 7) is 1.83. The van der Waals surface area contributed by atoms with Crippen molar-refractivity contribution in [3.05, 3.63) is 16.6 Å². The third kappa shape index (κ3) is 4.52. The summed E-state index contributed by atoms with van der Waals surface area (Å²) in [7, 11) is 1.63. The molecule has 1 N–H and O–H groups in total. The highest BCUT2D eigenvalue weighted by atomic mass is 32.1. The van der Waals surface area contributed by atoms with Gasteiger partial charge in [0.1, 0.15) is 0 Å². The molecule has 0 bridgehead atoms. The number of carboxylic acid groups (broad SMARTS) is 1. The van der Waals surface area contributed by atoms with Crippen LogP contribution in [0.3, 0.4) is 0 Å². The first kappa shape index (κ1) is 13.6. The van der Waals surface area contributed by atoms with Crippen LogP contribution in [-0.2, 0) is 16.0 Å². The van der Waals surface area contributed by atoms with Crippen molar-refractivity contribution >= 4 is 23.2 Å². The molecule has 0 aliphatic rings. The van der Waals surface area contributed by atoms with Crippen molar-refractivity contribution < 1.29 is 14.7 Å². The van der Waals surface area contributed by atoms with Crippen LogP contribution in [-0.4, -0.2) is 40.5 Å². The number of rotatable bonds is 6. The minimum absolute atomic E-state index is 0.0479. The van der Waals surface area contributed by atoms with Gasteiger partial charge in [-0.2, -0.15) is 0 Å². The number of thiazole rings is 1. The van der Waals surface area contributed by atoms with Gasteiger partial charge in [0, 0.05) is 38.0 Å². The van der Waals surface area contributed by atoms with Gasteiger partial charge in [-0.1, -0.05) is 6.92 Å². The molecule has 94 valence electrons. The maximum atomic E-state index is 11.7. The van der Waals surface area contributed by atoms with E-state index in [1.807, 2.05) is 5.38 Å². The Labute approximate surface area is 104 Å². The van der Waals surface area contributed by atoms with Crippen molar-refractivity contribution in [1.82, 2.24) is 9.88 Å². The van der Waals surface area contributed by atoms with E-state index >= 15 is 0 Å². The summed E-state index contributed by atoms with van der Waals surface area (Å²) in [6.07, 6.45) is 2.69. The number of hydrogen-bond donors (Lipinski definition) is 1. The van der Waals surface area contributed by atoms with E-state index in [2.05, 4.69) is 4.98 Å². The molecule has 0 aromatic carbocycles. The first-order valence-electron chi connectivity index (χ1n) is 5.36. The lowest BCUT2D eigenvalue weighted by molar-refractivity contribution is -0.142. The van der Waals surface area contributed by atoms with Crippen LogP contribution in [0, 0.1) is 5.92 Å². The second kappa shape index (κ2) is 6.34. The molecule has 1 amide bonds. The number of hydrogen-bond acceptors (Lipinski definition) is 4. The van der Waals surface area contributed by atoms with Gasteiger partial charge < -0.3 is 10.0 Å². The summed E-state index contributed by atoms with van der Waals surface area (Å²) in [6, 6.07) is 0. The zero-order valence-electron chi connectivity index (χ0n) is 9.92. The molecular weight excluding hydrogens is 240 g/mol. The second-order valence-electron chi connectivity index (χ2n) is 3.94. The van der Waals surface area contributed by atoms with Crippen LogP contribution in [0.2, 0.25) is 0 Å². The molecule has 0 saturated heterocycles. The van der Waals surface area contributed by atoms with Gasteiger partial charge in [0.05, 0.1) is 10.9 Å². The highest BCUT2D eigenvalue weighted by Gasteiger charge is 2.17. The zero-order chi connectivity index (χ0) is 12.8. The Hall–Kier alpha value is -1.43. The minimum Gasteiger partial charge on any atom is -0.481 e. The average molecular weight is 256 g/mol. The predicted octanol–water partition coefficient (Wildman–Crippen LogP) is 1.25. The Bertz CT molecular complexity index is 378. The van der Waals surface area contributed by atoms with E-state index in [-0.39, 0.29) is 12.5 Å². The SMILES string of the molecule is CC(CN(C)C(=O)CCc1nccs1)C(=O)O. The van der Waals surface area contributed by atoms with Crippen molar-refractivity contribution in [2.75, 3.05) is 13.6 Å². The number of aliphatic carboxylic acids is 1. The Morgan fingerprint density at radius 2 is 2.29 bits per heavy atom. The van der Waals surface area contributed by atoms with Crippen molar-refractivity contribution in [2.24, 2.45) is 5.92 Å². The maximum Gasteiger partial charge on any atom is 0.308 e. The number of aryl methyl sites for hydroxylation is 1. The van der Waals surface area contributed by atoms with Crippen LogP contribution in [0.15, 0.2) is 11.6 Å². The van der Waals surface area contributed by atoms with Crippen LogP contribution in [0.5, 0.6) is 0 Å². The zero-order valence-corrected chi connectivity index (χ0v) is 10.7. The monoisotopic (exact) mass is 256 g/mol. The first-order valence-corrected chi connectivity index (χ1v) is 6.23. The lowest BCUT2D eigenvalue weighted by Gasteiger charge is -2.19. The molecule has 1 aromatic rings. The quantitative estimate of drug-likeness (QED) is 0.831. The van der Waals surface area contributed by atoms with Gasteiger partial charge in [0.25, 0.3) is 0 Å². The molecule has 6 heteroatoms. The van der Waals surface area contributed by atoms with E-state index in [0.717, 1.165) is 5.01 Å². The standard InChI is InChI=1S/C11H16N2O3S/c1-8(11(15)16)7-13(2)10(14)4-3-9-12-5-6-17-9/h5-6,8H,3-4,7H2,1-2H3,(H,15,16). The fraction of sp³-hybridized carbons (Fsp3) is 0.545. The fourth-order valence-corrected chi connectivity index (χ4v) is 1.99. The molecule has 0 aliphatic heterocycles. The number of carboxylic acids is 1. The summed E-state index contributed by atoms with van der Waals surface area (Å²) in [5.41, 5.74) is 0. The highest BCUT2D eigenvalue weighted by molar-refractivity contribution is 7.09. The topological polar surface area (TPSA) is 70.5 Å². The van der Waals surface area contributed by atoms with E-state index in [9.17, 15) is 9.59 Å². The molecule has 1 unspecified atom stereocenters. The molecule has 0 fully saturated rings. The molecule has 0 spiro atoms. The lowest BCUT2D eigenvalue weighted by Crippen LogP contribution is -2.33. The van der Waals surface area contributed by atoms with E-state index in [1.54, 1.807) is 20.2 Å². The lowest BCUT2D eigenvalue weighted by atomic mass is 10.1. The summed E-state index contributed by atoms with van der Waals surface area (Å²) >= 11 is 1.52. The van der Waals surface area contributed by atoms with Gasteiger partial charge in [-0.25, -0.2) is 4.98 Å². The Morgan fingerprint density at radius 1 is 1.59 bits per heavy atom. The summed E-state index contributed by atoms with van der Waals surface area (Å²) in [4.78, 5) is 27.9. The molecule has 17 heavy (non-hydrogen) atoms. The van der Waals surface area contributed by atoms with E-state index in [0.29, 0.717) is 12.8 Å². The minimum atomic E-state index is -0.885. The summed E-state index contributed by atoms with van der Waals surface area (Å²) in [5, 5.41) is 11.5. The van der Waals surface area contributed by atoms with Crippen molar-refractivity contribution in [3.8, 4) is 0 Å². The molecule has 1 aromatic heterocycles. The smallest absolute Gasteiger partial charge is 0.308 e. The van der Waals surface area contributed by atoms with Crippen LogP contribution in [0.25, 0.3) is 0 Å². The van der Waals surface area contributed by atoms with Crippen LogP contribution in [0.4, 0.5) is 0 Å². The second-order valence-corrected chi connectivity index (χ2v) is 4.92. The van der Waals surface area contributed by atoms with Crippen LogP contribution < -0.4 is 0 Å². The van der Waals surface area contributed by atoms with Gasteiger partial charge in [-0.3, -0.25) is 9.59 Å². The molecule has 1 rings (SSSR count).